The van der Waals surface area contributed by atoms with Crippen LogP contribution in [0.5, 0.6) is 0 Å². The van der Waals surface area contributed by atoms with Crippen molar-refractivity contribution >= 4 is 21.6 Å². The van der Waals surface area contributed by atoms with E-state index in [2.05, 4.69) is 21.2 Å². The van der Waals surface area contributed by atoms with Gasteiger partial charge in [0.15, 0.2) is 0 Å². The number of para-hydroxylation sites is 1. The maximum absolute atomic E-state index is 9.74. The minimum Gasteiger partial charge on any atom is -0.394 e. The minimum absolute atomic E-state index is 0.0184. The number of anilines is 1. The Balaban J connectivity index is 2.34. The molecular weight excluding hydrogens is 290 g/mol. The standard InChI is InChI=1S/C15H16BrNO/c1-15(11-18,13-9-5-6-10-14(13)16)17-12-7-3-2-4-8-12/h2-10,17-18H,11H2,1H3. The summed E-state index contributed by atoms with van der Waals surface area (Å²) in [6.07, 6.45) is 0. The molecule has 0 aromatic heterocycles. The van der Waals surface area contributed by atoms with E-state index in [1.54, 1.807) is 0 Å². The molecule has 0 heterocycles. The van der Waals surface area contributed by atoms with E-state index in [0.29, 0.717) is 0 Å². The maximum atomic E-state index is 9.74. The van der Waals surface area contributed by atoms with Gasteiger partial charge in [-0.25, -0.2) is 0 Å². The third-order valence-electron chi connectivity index (χ3n) is 2.98. The molecule has 2 N–H and O–H groups in total. The molecule has 0 aliphatic rings. The van der Waals surface area contributed by atoms with Crippen LogP contribution in [0, 0.1) is 0 Å². The SMILES string of the molecule is CC(CO)(Nc1ccccc1)c1ccccc1Br. The molecule has 0 spiro atoms. The number of nitrogens with one attached hydrogen (secondary N) is 1. The molecule has 94 valence electrons. The summed E-state index contributed by atoms with van der Waals surface area (Å²) < 4.78 is 0.991. The molecule has 0 aliphatic carbocycles. The van der Waals surface area contributed by atoms with Crippen LogP contribution >= 0.6 is 15.9 Å². The fraction of sp³-hybridized carbons (Fsp3) is 0.200. The highest BCUT2D eigenvalue weighted by atomic mass is 79.9. The van der Waals surface area contributed by atoms with Crippen LogP contribution in [0.15, 0.2) is 59.1 Å². The van der Waals surface area contributed by atoms with Gasteiger partial charge in [0.25, 0.3) is 0 Å². The fourth-order valence-electron chi connectivity index (χ4n) is 1.94. The maximum Gasteiger partial charge on any atom is 0.0839 e. The van der Waals surface area contributed by atoms with Gasteiger partial charge in [-0.1, -0.05) is 52.3 Å². The molecule has 0 bridgehead atoms. The summed E-state index contributed by atoms with van der Waals surface area (Å²) in [7, 11) is 0. The van der Waals surface area contributed by atoms with E-state index in [4.69, 9.17) is 0 Å². The minimum atomic E-state index is -0.512. The molecule has 0 saturated heterocycles. The van der Waals surface area contributed by atoms with Gasteiger partial charge in [0.2, 0.25) is 0 Å². The summed E-state index contributed by atoms with van der Waals surface area (Å²) in [4.78, 5) is 0. The van der Waals surface area contributed by atoms with Crippen LogP contribution in [0.3, 0.4) is 0 Å². The smallest absolute Gasteiger partial charge is 0.0839 e. The molecule has 18 heavy (non-hydrogen) atoms. The Morgan fingerprint density at radius 2 is 1.67 bits per heavy atom. The quantitative estimate of drug-likeness (QED) is 0.901. The summed E-state index contributed by atoms with van der Waals surface area (Å²) in [6.45, 7) is 2.00. The van der Waals surface area contributed by atoms with Crippen molar-refractivity contribution < 1.29 is 5.11 Å². The van der Waals surface area contributed by atoms with Gasteiger partial charge >= 0.3 is 0 Å². The number of aliphatic hydroxyl groups excluding tert-OH is 1. The van der Waals surface area contributed by atoms with Crippen molar-refractivity contribution in [1.29, 1.82) is 0 Å². The first-order valence-electron chi connectivity index (χ1n) is 5.85. The third kappa shape index (κ3) is 2.74. The van der Waals surface area contributed by atoms with Crippen LogP contribution in [-0.2, 0) is 5.54 Å². The Morgan fingerprint density at radius 1 is 1.06 bits per heavy atom. The van der Waals surface area contributed by atoms with E-state index < -0.39 is 5.54 Å². The second kappa shape index (κ2) is 5.55. The predicted molar refractivity (Wildman–Crippen MR) is 78.6 cm³/mol. The Labute approximate surface area is 116 Å². The molecule has 2 nitrogen and oxygen atoms in total. The van der Waals surface area contributed by atoms with Gasteiger partial charge in [0.05, 0.1) is 12.1 Å². The van der Waals surface area contributed by atoms with Gasteiger partial charge in [-0.15, -0.1) is 0 Å². The average molecular weight is 306 g/mol. The molecule has 1 atom stereocenters. The largest absolute Gasteiger partial charge is 0.394 e. The lowest BCUT2D eigenvalue weighted by molar-refractivity contribution is 0.223. The summed E-state index contributed by atoms with van der Waals surface area (Å²) in [5.41, 5.74) is 1.52. The highest BCUT2D eigenvalue weighted by molar-refractivity contribution is 9.10. The lowest BCUT2D eigenvalue weighted by Gasteiger charge is -2.31. The molecule has 0 amide bonds. The van der Waals surface area contributed by atoms with Crippen molar-refractivity contribution in [3.8, 4) is 0 Å². The molecule has 2 aromatic rings. The van der Waals surface area contributed by atoms with E-state index in [1.165, 1.54) is 0 Å². The van der Waals surface area contributed by atoms with E-state index in [1.807, 2.05) is 61.5 Å². The van der Waals surface area contributed by atoms with Crippen LogP contribution in [0.1, 0.15) is 12.5 Å². The van der Waals surface area contributed by atoms with E-state index in [-0.39, 0.29) is 6.61 Å². The summed E-state index contributed by atoms with van der Waals surface area (Å²) in [5.74, 6) is 0. The molecule has 0 aliphatic heterocycles. The summed E-state index contributed by atoms with van der Waals surface area (Å²) >= 11 is 3.54. The molecular formula is C15H16BrNO. The molecule has 2 rings (SSSR count). The second-order valence-electron chi connectivity index (χ2n) is 4.46. The van der Waals surface area contributed by atoms with Gasteiger partial charge in [0.1, 0.15) is 0 Å². The molecule has 0 fully saturated rings. The van der Waals surface area contributed by atoms with Crippen LogP contribution in [0.2, 0.25) is 0 Å². The van der Waals surface area contributed by atoms with Gasteiger partial charge in [0, 0.05) is 10.2 Å². The third-order valence-corrected chi connectivity index (χ3v) is 3.67. The monoisotopic (exact) mass is 305 g/mol. The van der Waals surface area contributed by atoms with Crippen molar-refractivity contribution in [2.45, 2.75) is 12.5 Å². The first-order chi connectivity index (χ1) is 8.65. The van der Waals surface area contributed by atoms with Gasteiger partial charge in [-0.05, 0) is 30.7 Å². The molecule has 2 aromatic carbocycles. The van der Waals surface area contributed by atoms with E-state index in [9.17, 15) is 5.11 Å². The van der Waals surface area contributed by atoms with Gasteiger partial charge in [-0.3, -0.25) is 0 Å². The number of benzene rings is 2. The molecule has 0 saturated carbocycles. The van der Waals surface area contributed by atoms with Crippen LogP contribution in [-0.4, -0.2) is 11.7 Å². The number of hydrogen-bond acceptors (Lipinski definition) is 2. The first kappa shape index (κ1) is 13.1. The van der Waals surface area contributed by atoms with Crippen LogP contribution in [0.25, 0.3) is 0 Å². The summed E-state index contributed by atoms with van der Waals surface area (Å²) in [5, 5.41) is 13.1. The first-order valence-corrected chi connectivity index (χ1v) is 6.64. The zero-order chi connectivity index (χ0) is 13.0. The second-order valence-corrected chi connectivity index (χ2v) is 5.32. The average Bonchev–Trinajstić information content (AvgIpc) is 2.40. The van der Waals surface area contributed by atoms with E-state index >= 15 is 0 Å². The topological polar surface area (TPSA) is 32.3 Å². The van der Waals surface area contributed by atoms with Crippen molar-refractivity contribution in [2.24, 2.45) is 0 Å². The lowest BCUT2D eigenvalue weighted by atomic mass is 9.92. The highest BCUT2D eigenvalue weighted by Crippen LogP contribution is 2.31. The number of hydrogen-bond donors (Lipinski definition) is 2. The van der Waals surface area contributed by atoms with Crippen molar-refractivity contribution in [3.05, 3.63) is 64.6 Å². The van der Waals surface area contributed by atoms with Crippen LogP contribution in [0.4, 0.5) is 5.69 Å². The van der Waals surface area contributed by atoms with Gasteiger partial charge < -0.3 is 10.4 Å². The van der Waals surface area contributed by atoms with Crippen molar-refractivity contribution in [1.82, 2.24) is 0 Å². The highest BCUT2D eigenvalue weighted by Gasteiger charge is 2.27. The molecule has 0 radical (unpaired) electrons. The van der Waals surface area contributed by atoms with Crippen molar-refractivity contribution in [2.75, 3.05) is 11.9 Å². The Kier molecular flexibility index (Phi) is 4.04. The Morgan fingerprint density at radius 3 is 2.28 bits per heavy atom. The van der Waals surface area contributed by atoms with Crippen LogP contribution < -0.4 is 5.32 Å². The lowest BCUT2D eigenvalue weighted by Crippen LogP contribution is -2.36. The Bertz CT molecular complexity index is 515. The normalized spacial score (nSPS) is 13.9. The number of aliphatic hydroxyl groups is 1. The molecule has 3 heteroatoms. The molecule has 1 unspecified atom stereocenters. The fourth-order valence-corrected chi connectivity index (χ4v) is 2.66. The summed E-state index contributed by atoms with van der Waals surface area (Å²) in [6, 6.07) is 17.8. The van der Waals surface area contributed by atoms with E-state index in [0.717, 1.165) is 15.7 Å². The number of rotatable bonds is 4. The zero-order valence-corrected chi connectivity index (χ0v) is 11.8. The van der Waals surface area contributed by atoms with Crippen molar-refractivity contribution in [3.63, 3.8) is 0 Å². The van der Waals surface area contributed by atoms with Gasteiger partial charge in [-0.2, -0.15) is 0 Å². The number of halogens is 1. The Hall–Kier alpha value is -1.32. The predicted octanol–water partition coefficient (Wildman–Crippen LogP) is 3.77. The zero-order valence-electron chi connectivity index (χ0n) is 10.2.